The maximum Gasteiger partial charge on any atom is 0.265 e. The monoisotopic (exact) mass is 370 g/mol. The molecule has 8 heteroatoms. The average molecular weight is 371 g/mol. The van der Waals surface area contributed by atoms with Crippen molar-refractivity contribution in [3.05, 3.63) is 45.1 Å². The van der Waals surface area contributed by atoms with E-state index in [9.17, 15) is 13.2 Å². The Bertz CT molecular complexity index is 861. The van der Waals surface area contributed by atoms with Crippen molar-refractivity contribution in [3.63, 3.8) is 0 Å². The zero-order valence-electron chi connectivity index (χ0n) is 12.4. The van der Waals surface area contributed by atoms with E-state index < -0.39 is 10.0 Å². The van der Waals surface area contributed by atoms with Gasteiger partial charge in [-0.3, -0.25) is 9.10 Å². The number of rotatable bonds is 3. The second-order valence-corrected chi connectivity index (χ2v) is 9.03. The standard InChI is InChI=1S/C15H15ClN2O3S2/c1-10-3-4-11(18-7-2-8-23(18,20)21)9-12(10)17-15(19)13-5-6-14(16)22-13/h3-6,9H,2,7-8H2,1H3,(H,17,19). The zero-order chi connectivity index (χ0) is 16.6. The van der Waals surface area contributed by atoms with Crippen molar-refractivity contribution in [2.75, 3.05) is 21.9 Å². The van der Waals surface area contributed by atoms with Crippen molar-refractivity contribution in [1.82, 2.24) is 0 Å². The first-order valence-electron chi connectivity index (χ1n) is 7.04. The van der Waals surface area contributed by atoms with Crippen LogP contribution < -0.4 is 9.62 Å². The summed E-state index contributed by atoms with van der Waals surface area (Å²) >= 11 is 7.04. The number of amides is 1. The molecule has 1 aromatic heterocycles. The maximum absolute atomic E-state index is 12.2. The van der Waals surface area contributed by atoms with Gasteiger partial charge in [0, 0.05) is 12.2 Å². The minimum Gasteiger partial charge on any atom is -0.321 e. The van der Waals surface area contributed by atoms with Crippen LogP contribution in [0.15, 0.2) is 30.3 Å². The van der Waals surface area contributed by atoms with Crippen LogP contribution in [0.1, 0.15) is 21.7 Å². The van der Waals surface area contributed by atoms with Crippen LogP contribution in [0, 0.1) is 6.92 Å². The van der Waals surface area contributed by atoms with E-state index in [1.165, 1.54) is 15.6 Å². The van der Waals surface area contributed by atoms with Crippen molar-refractivity contribution < 1.29 is 13.2 Å². The first-order chi connectivity index (χ1) is 10.9. The third kappa shape index (κ3) is 3.36. The number of benzene rings is 1. The molecule has 0 radical (unpaired) electrons. The highest BCUT2D eigenvalue weighted by Crippen LogP contribution is 2.29. The minimum atomic E-state index is -3.24. The van der Waals surface area contributed by atoms with E-state index in [2.05, 4.69) is 5.32 Å². The van der Waals surface area contributed by atoms with Gasteiger partial charge >= 0.3 is 0 Å². The predicted octanol–water partition coefficient (Wildman–Crippen LogP) is 3.50. The summed E-state index contributed by atoms with van der Waals surface area (Å²) in [5, 5.41) is 2.82. The van der Waals surface area contributed by atoms with Crippen molar-refractivity contribution in [2.24, 2.45) is 0 Å². The van der Waals surface area contributed by atoms with Crippen LogP contribution in [-0.4, -0.2) is 26.6 Å². The molecular formula is C15H15ClN2O3S2. The normalized spacial score (nSPS) is 16.5. The molecule has 0 bridgehead atoms. The van der Waals surface area contributed by atoms with Crippen molar-refractivity contribution in [1.29, 1.82) is 0 Å². The Morgan fingerprint density at radius 3 is 2.70 bits per heavy atom. The van der Waals surface area contributed by atoms with E-state index in [0.717, 1.165) is 5.56 Å². The van der Waals surface area contributed by atoms with Gasteiger partial charge in [-0.25, -0.2) is 8.42 Å². The number of aryl methyl sites for hydroxylation is 1. The summed E-state index contributed by atoms with van der Waals surface area (Å²) in [5.74, 6) is -0.0950. The Morgan fingerprint density at radius 1 is 1.30 bits per heavy atom. The van der Waals surface area contributed by atoms with Crippen LogP contribution in [0.5, 0.6) is 0 Å². The third-order valence-corrected chi connectivity index (χ3v) is 6.75. The van der Waals surface area contributed by atoms with Crippen LogP contribution in [0.3, 0.4) is 0 Å². The summed E-state index contributed by atoms with van der Waals surface area (Å²) in [6, 6.07) is 8.59. The molecule has 0 atom stereocenters. The van der Waals surface area contributed by atoms with E-state index >= 15 is 0 Å². The number of hydrogen-bond acceptors (Lipinski definition) is 4. The Balaban J connectivity index is 1.88. The summed E-state index contributed by atoms with van der Waals surface area (Å²) in [6.45, 7) is 2.33. The number of halogens is 1. The number of carbonyl (C=O) groups excluding carboxylic acids is 1. The predicted molar refractivity (Wildman–Crippen MR) is 94.2 cm³/mol. The molecule has 1 saturated heterocycles. The minimum absolute atomic E-state index is 0.163. The van der Waals surface area contributed by atoms with E-state index in [1.54, 1.807) is 30.3 Å². The van der Waals surface area contributed by atoms with E-state index in [-0.39, 0.29) is 11.7 Å². The van der Waals surface area contributed by atoms with Gasteiger partial charge in [0.2, 0.25) is 10.0 Å². The van der Waals surface area contributed by atoms with E-state index in [4.69, 9.17) is 11.6 Å². The molecule has 1 aliphatic rings. The topological polar surface area (TPSA) is 66.5 Å². The van der Waals surface area contributed by atoms with Gasteiger partial charge in [-0.1, -0.05) is 17.7 Å². The molecule has 5 nitrogen and oxygen atoms in total. The van der Waals surface area contributed by atoms with Gasteiger partial charge in [-0.2, -0.15) is 0 Å². The molecule has 1 N–H and O–H groups in total. The lowest BCUT2D eigenvalue weighted by Crippen LogP contribution is -2.25. The largest absolute Gasteiger partial charge is 0.321 e. The number of hydrogen-bond donors (Lipinski definition) is 1. The summed E-state index contributed by atoms with van der Waals surface area (Å²) < 4.78 is 26.0. The highest BCUT2D eigenvalue weighted by Gasteiger charge is 2.28. The fraction of sp³-hybridized carbons (Fsp3) is 0.267. The highest BCUT2D eigenvalue weighted by atomic mass is 35.5. The van der Waals surface area contributed by atoms with Gasteiger partial charge in [0.1, 0.15) is 0 Å². The smallest absolute Gasteiger partial charge is 0.265 e. The van der Waals surface area contributed by atoms with Crippen LogP contribution in [0.25, 0.3) is 0 Å². The molecule has 1 aliphatic heterocycles. The third-order valence-electron chi connectivity index (χ3n) is 3.65. The van der Waals surface area contributed by atoms with Crippen molar-refractivity contribution in [2.45, 2.75) is 13.3 Å². The molecule has 3 rings (SSSR count). The average Bonchev–Trinajstić information content (AvgIpc) is 3.07. The number of sulfonamides is 1. The molecule has 23 heavy (non-hydrogen) atoms. The van der Waals surface area contributed by atoms with Crippen LogP contribution in [0.2, 0.25) is 4.34 Å². The zero-order valence-corrected chi connectivity index (χ0v) is 14.8. The highest BCUT2D eigenvalue weighted by molar-refractivity contribution is 7.93. The molecule has 122 valence electrons. The second kappa shape index (κ2) is 6.14. The molecular weight excluding hydrogens is 356 g/mol. The Kier molecular flexibility index (Phi) is 4.35. The van der Waals surface area contributed by atoms with Gasteiger partial charge in [0.15, 0.2) is 0 Å². The lowest BCUT2D eigenvalue weighted by molar-refractivity contribution is 0.103. The molecule has 2 aromatic rings. The Morgan fingerprint density at radius 2 is 2.09 bits per heavy atom. The van der Waals surface area contributed by atoms with Crippen molar-refractivity contribution >= 4 is 50.2 Å². The Labute approximate surface area is 143 Å². The molecule has 1 amide bonds. The number of carbonyl (C=O) groups is 1. The molecule has 0 aliphatic carbocycles. The fourth-order valence-electron chi connectivity index (χ4n) is 2.45. The number of nitrogens with one attached hydrogen (secondary N) is 1. The summed E-state index contributed by atoms with van der Waals surface area (Å²) in [7, 11) is -3.24. The summed E-state index contributed by atoms with van der Waals surface area (Å²) in [5.41, 5.74) is 2.04. The summed E-state index contributed by atoms with van der Waals surface area (Å²) in [6.07, 6.45) is 0.617. The molecule has 1 aromatic carbocycles. The SMILES string of the molecule is Cc1ccc(N2CCCS2(=O)=O)cc1NC(=O)c1ccc(Cl)s1. The molecule has 0 saturated carbocycles. The number of thiophene rings is 1. The second-order valence-electron chi connectivity index (χ2n) is 5.30. The van der Waals surface area contributed by atoms with Gasteiger partial charge in [0.05, 0.1) is 20.7 Å². The van der Waals surface area contributed by atoms with Gasteiger partial charge in [-0.05, 0) is 43.2 Å². The lowest BCUT2D eigenvalue weighted by atomic mass is 10.1. The van der Waals surface area contributed by atoms with Crippen LogP contribution in [-0.2, 0) is 10.0 Å². The maximum atomic E-state index is 12.2. The summed E-state index contributed by atoms with van der Waals surface area (Å²) in [4.78, 5) is 12.8. The first kappa shape index (κ1) is 16.3. The molecule has 2 heterocycles. The van der Waals surface area contributed by atoms with Crippen LogP contribution in [0.4, 0.5) is 11.4 Å². The fourth-order valence-corrected chi connectivity index (χ4v) is 4.94. The van der Waals surface area contributed by atoms with Gasteiger partial charge < -0.3 is 5.32 Å². The quantitative estimate of drug-likeness (QED) is 0.899. The Hall–Kier alpha value is -1.57. The van der Waals surface area contributed by atoms with E-state index in [1.807, 2.05) is 6.92 Å². The lowest BCUT2D eigenvalue weighted by Gasteiger charge is -2.19. The van der Waals surface area contributed by atoms with Gasteiger partial charge in [0.25, 0.3) is 5.91 Å². The van der Waals surface area contributed by atoms with Crippen molar-refractivity contribution in [3.8, 4) is 0 Å². The molecule has 0 unspecified atom stereocenters. The van der Waals surface area contributed by atoms with E-state index in [0.29, 0.717) is 33.6 Å². The number of nitrogens with zero attached hydrogens (tertiary/aromatic N) is 1. The molecule has 0 spiro atoms. The van der Waals surface area contributed by atoms with Gasteiger partial charge in [-0.15, -0.1) is 11.3 Å². The molecule has 1 fully saturated rings. The van der Waals surface area contributed by atoms with Crippen LogP contribution >= 0.6 is 22.9 Å². The number of anilines is 2. The first-order valence-corrected chi connectivity index (χ1v) is 9.85.